The minimum absolute atomic E-state index is 0.155. The summed E-state index contributed by atoms with van der Waals surface area (Å²) in [6.45, 7) is 0. The molecule has 132 valence electrons. The third-order valence-electron chi connectivity index (χ3n) is 4.13. The van der Waals surface area contributed by atoms with Crippen LogP contribution in [-0.4, -0.2) is 21.1 Å². The lowest BCUT2D eigenvalue weighted by atomic mass is 10.0. The molecular formula is C20H15BrO5. The van der Waals surface area contributed by atoms with Crippen LogP contribution in [0.25, 0.3) is 10.8 Å². The average Bonchev–Trinajstić information content (AvgIpc) is 2.75. The topological polar surface area (TPSA) is 94.8 Å². The van der Waals surface area contributed by atoms with Crippen molar-refractivity contribution in [2.45, 2.75) is 12.8 Å². The van der Waals surface area contributed by atoms with Gasteiger partial charge in [0.05, 0.1) is 9.86 Å². The molecule has 0 amide bonds. The minimum Gasteiger partial charge on any atom is -0.504 e. The first-order valence-electron chi connectivity index (χ1n) is 7.87. The van der Waals surface area contributed by atoms with Crippen LogP contribution in [0, 0.1) is 0 Å². The van der Waals surface area contributed by atoms with Crippen LogP contribution in [0.4, 0.5) is 0 Å². The molecule has 0 spiro atoms. The first-order chi connectivity index (χ1) is 12.4. The van der Waals surface area contributed by atoms with E-state index in [-0.39, 0.29) is 33.0 Å². The molecule has 0 aliphatic heterocycles. The van der Waals surface area contributed by atoms with Crippen LogP contribution in [0.3, 0.4) is 0 Å². The van der Waals surface area contributed by atoms with Crippen LogP contribution in [0.1, 0.15) is 22.3 Å². The van der Waals surface area contributed by atoms with Gasteiger partial charge in [-0.2, -0.15) is 0 Å². The molecule has 3 aromatic rings. The smallest absolute Gasteiger partial charge is 0.231 e. The summed E-state index contributed by atoms with van der Waals surface area (Å²) < 4.78 is 0.176. The van der Waals surface area contributed by atoms with E-state index in [4.69, 9.17) is 0 Å². The van der Waals surface area contributed by atoms with Crippen LogP contribution >= 0.6 is 15.9 Å². The summed E-state index contributed by atoms with van der Waals surface area (Å²) in [7, 11) is 0. The van der Waals surface area contributed by atoms with Gasteiger partial charge < -0.3 is 15.3 Å². The van der Waals surface area contributed by atoms with Crippen molar-refractivity contribution in [2.24, 2.45) is 0 Å². The third-order valence-corrected chi connectivity index (χ3v) is 4.73. The predicted octanol–water partition coefficient (Wildman–Crippen LogP) is 3.89. The van der Waals surface area contributed by atoms with E-state index in [9.17, 15) is 24.9 Å². The number of hydrogen-bond acceptors (Lipinski definition) is 5. The summed E-state index contributed by atoms with van der Waals surface area (Å²) in [4.78, 5) is 24.9. The van der Waals surface area contributed by atoms with Gasteiger partial charge in [0.2, 0.25) is 5.43 Å². The Morgan fingerprint density at radius 2 is 1.65 bits per heavy atom. The number of benzene rings is 2. The molecule has 3 N–H and O–H groups in total. The number of rotatable bonds is 4. The number of phenolic OH excluding ortho intramolecular Hbond substituents is 2. The molecule has 0 radical (unpaired) electrons. The van der Waals surface area contributed by atoms with Gasteiger partial charge >= 0.3 is 0 Å². The highest BCUT2D eigenvalue weighted by atomic mass is 79.9. The first kappa shape index (κ1) is 17.9. The van der Waals surface area contributed by atoms with Crippen LogP contribution in [0.2, 0.25) is 0 Å². The molecule has 0 saturated heterocycles. The lowest BCUT2D eigenvalue weighted by molar-refractivity contribution is 0.0982. The maximum atomic E-state index is 12.6. The number of carbonyl (C=O) groups excluding carboxylic acids is 1. The number of fused-ring (bicyclic) bond motifs is 1. The Morgan fingerprint density at radius 1 is 0.962 bits per heavy atom. The molecule has 0 unspecified atom stereocenters. The first-order valence-corrected chi connectivity index (χ1v) is 8.66. The zero-order valence-electron chi connectivity index (χ0n) is 13.6. The quantitative estimate of drug-likeness (QED) is 0.444. The van der Waals surface area contributed by atoms with Gasteiger partial charge in [-0.15, -0.1) is 0 Å². The highest BCUT2D eigenvalue weighted by molar-refractivity contribution is 9.10. The van der Waals surface area contributed by atoms with Crippen molar-refractivity contribution in [1.82, 2.24) is 0 Å². The largest absolute Gasteiger partial charge is 0.504 e. The fraction of sp³-hybridized carbons (Fsp3) is 0.100. The fourth-order valence-electron chi connectivity index (χ4n) is 2.76. The van der Waals surface area contributed by atoms with Crippen LogP contribution in [0.5, 0.6) is 17.2 Å². The summed E-state index contributed by atoms with van der Waals surface area (Å²) in [5.74, 6) is -2.06. The number of Topliss-reactive ketones (excluding diaryl/α,β-unsaturated/α-hetero) is 1. The Bertz CT molecular complexity index is 1060. The van der Waals surface area contributed by atoms with E-state index >= 15 is 0 Å². The van der Waals surface area contributed by atoms with Gasteiger partial charge in [0.1, 0.15) is 0 Å². The summed E-state index contributed by atoms with van der Waals surface area (Å²) in [5.41, 5.74) is 0.301. The lowest BCUT2D eigenvalue weighted by Crippen LogP contribution is -2.00. The second-order valence-corrected chi connectivity index (χ2v) is 6.74. The highest BCUT2D eigenvalue weighted by Gasteiger charge is 2.17. The molecule has 0 heterocycles. The van der Waals surface area contributed by atoms with E-state index in [0.29, 0.717) is 6.42 Å². The summed E-state index contributed by atoms with van der Waals surface area (Å²) in [5, 5.41) is 29.9. The number of aromatic hydroxyl groups is 3. The van der Waals surface area contributed by atoms with Crippen molar-refractivity contribution >= 4 is 32.5 Å². The Balaban J connectivity index is 2.07. The zero-order valence-corrected chi connectivity index (χ0v) is 15.2. The van der Waals surface area contributed by atoms with E-state index in [1.165, 1.54) is 12.1 Å². The number of phenols is 2. The molecule has 0 fully saturated rings. The van der Waals surface area contributed by atoms with Crippen molar-refractivity contribution in [3.05, 3.63) is 74.4 Å². The number of aryl methyl sites for hydroxylation is 1. The molecule has 0 bridgehead atoms. The molecule has 0 saturated carbocycles. The maximum absolute atomic E-state index is 12.6. The average molecular weight is 415 g/mol. The number of carbonyl (C=O) groups is 1. The number of hydrogen-bond donors (Lipinski definition) is 3. The van der Waals surface area contributed by atoms with Gasteiger partial charge in [0, 0.05) is 12.0 Å². The molecule has 3 rings (SSSR count). The second kappa shape index (κ2) is 7.17. The van der Waals surface area contributed by atoms with Gasteiger partial charge in [0.25, 0.3) is 0 Å². The predicted molar refractivity (Wildman–Crippen MR) is 102 cm³/mol. The van der Waals surface area contributed by atoms with Gasteiger partial charge in [-0.05, 0) is 51.5 Å². The zero-order chi connectivity index (χ0) is 18.8. The summed E-state index contributed by atoms with van der Waals surface area (Å²) in [6.07, 6.45) is 0.728. The fourth-order valence-corrected chi connectivity index (χ4v) is 3.19. The van der Waals surface area contributed by atoms with Gasteiger partial charge in [-0.25, -0.2) is 0 Å². The second-order valence-electron chi connectivity index (χ2n) is 5.89. The van der Waals surface area contributed by atoms with Gasteiger partial charge in [-0.3, -0.25) is 9.59 Å². The van der Waals surface area contributed by atoms with E-state index in [0.717, 1.165) is 11.6 Å². The minimum atomic E-state index is -0.859. The standard InChI is InChI=1S/C20H15BrO5/c21-14-9-13-8-12(15(22)7-6-11-4-2-1-3-5-11)10-16(23)19(25)17(13)20(26)18(14)24/h1-5,8-10,24,26H,6-7H2,(H,23,25). The summed E-state index contributed by atoms with van der Waals surface area (Å²) >= 11 is 3.09. The maximum Gasteiger partial charge on any atom is 0.231 e. The van der Waals surface area contributed by atoms with E-state index in [1.54, 1.807) is 0 Å². The molecule has 0 aromatic heterocycles. The van der Waals surface area contributed by atoms with Gasteiger partial charge in [0.15, 0.2) is 23.0 Å². The van der Waals surface area contributed by atoms with Crippen molar-refractivity contribution in [2.75, 3.05) is 0 Å². The molecule has 0 aliphatic carbocycles. The molecule has 6 heteroatoms. The Morgan fingerprint density at radius 3 is 2.35 bits per heavy atom. The van der Waals surface area contributed by atoms with Crippen LogP contribution in [-0.2, 0) is 6.42 Å². The molecule has 0 atom stereocenters. The van der Waals surface area contributed by atoms with Crippen LogP contribution < -0.4 is 5.43 Å². The van der Waals surface area contributed by atoms with Crippen molar-refractivity contribution in [3.63, 3.8) is 0 Å². The Kier molecular flexibility index (Phi) is 4.95. The number of ketones is 1. The van der Waals surface area contributed by atoms with Crippen molar-refractivity contribution in [1.29, 1.82) is 0 Å². The lowest BCUT2D eigenvalue weighted by Gasteiger charge is -2.03. The Hall–Kier alpha value is -2.86. The molecule has 26 heavy (non-hydrogen) atoms. The monoisotopic (exact) mass is 414 g/mol. The van der Waals surface area contributed by atoms with Crippen molar-refractivity contribution in [3.8, 4) is 17.2 Å². The molecular weight excluding hydrogens is 400 g/mol. The van der Waals surface area contributed by atoms with Crippen LogP contribution in [0.15, 0.2) is 57.8 Å². The van der Waals surface area contributed by atoms with E-state index < -0.39 is 22.7 Å². The molecule has 5 nitrogen and oxygen atoms in total. The molecule has 3 aromatic carbocycles. The number of halogens is 1. The van der Waals surface area contributed by atoms with Crippen molar-refractivity contribution < 1.29 is 20.1 Å². The van der Waals surface area contributed by atoms with E-state index in [2.05, 4.69) is 15.9 Å². The SMILES string of the molecule is O=C(CCc1ccccc1)c1cc(O)c(=O)c2c(O)c(O)c(Br)cc2c1. The van der Waals surface area contributed by atoms with Gasteiger partial charge in [-0.1, -0.05) is 30.3 Å². The summed E-state index contributed by atoms with van der Waals surface area (Å²) in [6, 6.07) is 13.4. The third kappa shape index (κ3) is 3.41. The van der Waals surface area contributed by atoms with E-state index in [1.807, 2.05) is 30.3 Å². The normalized spacial score (nSPS) is 10.8. The Labute approximate surface area is 157 Å². The highest BCUT2D eigenvalue weighted by Crippen LogP contribution is 2.39. The molecule has 0 aliphatic rings.